The van der Waals surface area contributed by atoms with Crippen LogP contribution in [0, 0.1) is 13.8 Å². The van der Waals surface area contributed by atoms with Gasteiger partial charge in [-0.3, -0.25) is 10.1 Å². The Kier molecular flexibility index (Phi) is 4.29. The predicted octanol–water partition coefficient (Wildman–Crippen LogP) is 1.63. The van der Waals surface area contributed by atoms with Crippen molar-refractivity contribution in [3.63, 3.8) is 0 Å². The van der Waals surface area contributed by atoms with Crippen LogP contribution in [0.3, 0.4) is 0 Å². The van der Waals surface area contributed by atoms with Gasteiger partial charge in [0.05, 0.1) is 17.1 Å². The lowest BCUT2D eigenvalue weighted by Crippen LogP contribution is -2.25. The van der Waals surface area contributed by atoms with E-state index in [4.69, 9.17) is 4.52 Å². The minimum absolute atomic E-state index is 0.284. The molecule has 0 saturated carbocycles. The fourth-order valence-corrected chi connectivity index (χ4v) is 3.98. The number of carbonyl (C=O) groups excluding carboxylic acids is 1. The van der Waals surface area contributed by atoms with Gasteiger partial charge in [0.25, 0.3) is 5.91 Å². The number of thiazole rings is 1. The highest BCUT2D eigenvalue weighted by atomic mass is 32.1. The predicted molar refractivity (Wildman–Crippen MR) is 95.2 cm³/mol. The average Bonchev–Trinajstić information content (AvgIpc) is 3.27. The van der Waals surface area contributed by atoms with Crippen molar-refractivity contribution in [1.29, 1.82) is 0 Å². The van der Waals surface area contributed by atoms with Gasteiger partial charge in [-0.25, -0.2) is 9.67 Å². The molecule has 4 rings (SSSR count). The van der Waals surface area contributed by atoms with E-state index >= 15 is 0 Å². The molecule has 26 heavy (non-hydrogen) atoms. The molecule has 0 saturated heterocycles. The molecule has 1 N–H and O–H groups in total. The van der Waals surface area contributed by atoms with Gasteiger partial charge in [-0.2, -0.15) is 0 Å². The van der Waals surface area contributed by atoms with Crippen LogP contribution in [0.5, 0.6) is 0 Å². The van der Waals surface area contributed by atoms with Crippen molar-refractivity contribution in [2.24, 2.45) is 0 Å². The molecule has 0 spiro atoms. The Morgan fingerprint density at radius 3 is 3.04 bits per heavy atom. The molecule has 1 aliphatic rings. The van der Waals surface area contributed by atoms with E-state index in [2.05, 4.69) is 37.7 Å². The highest BCUT2D eigenvalue weighted by molar-refractivity contribution is 7.15. The summed E-state index contributed by atoms with van der Waals surface area (Å²) in [4.78, 5) is 20.6. The summed E-state index contributed by atoms with van der Waals surface area (Å²) in [6, 6.07) is 1.83. The summed E-state index contributed by atoms with van der Waals surface area (Å²) < 4.78 is 6.81. The number of carbonyl (C=O) groups is 1. The maximum absolute atomic E-state index is 12.6. The highest BCUT2D eigenvalue weighted by Gasteiger charge is 2.22. The van der Waals surface area contributed by atoms with Crippen LogP contribution in [-0.2, 0) is 19.5 Å². The molecule has 1 aliphatic heterocycles. The van der Waals surface area contributed by atoms with Crippen LogP contribution in [0.1, 0.15) is 38.2 Å². The lowest BCUT2D eigenvalue weighted by Gasteiger charge is -2.20. The van der Waals surface area contributed by atoms with Crippen LogP contribution in [-0.4, -0.2) is 49.5 Å². The molecule has 0 bridgehead atoms. The van der Waals surface area contributed by atoms with Crippen molar-refractivity contribution >= 4 is 22.4 Å². The van der Waals surface area contributed by atoms with Gasteiger partial charge in [0.15, 0.2) is 16.6 Å². The van der Waals surface area contributed by atoms with Crippen molar-refractivity contribution in [2.45, 2.75) is 33.4 Å². The first-order valence-corrected chi connectivity index (χ1v) is 9.12. The van der Waals surface area contributed by atoms with Crippen LogP contribution in [0.15, 0.2) is 10.6 Å². The molecule has 0 unspecified atom stereocenters. The van der Waals surface area contributed by atoms with Crippen molar-refractivity contribution in [1.82, 2.24) is 30.0 Å². The summed E-state index contributed by atoms with van der Waals surface area (Å²) in [6.45, 7) is 5.89. The molecule has 3 aromatic rings. The summed E-state index contributed by atoms with van der Waals surface area (Å²) in [7, 11) is 2.08. The van der Waals surface area contributed by atoms with E-state index in [1.165, 1.54) is 16.2 Å². The third-order valence-corrected chi connectivity index (χ3v) is 5.32. The number of rotatable bonds is 4. The van der Waals surface area contributed by atoms with Crippen molar-refractivity contribution < 1.29 is 9.32 Å². The summed E-state index contributed by atoms with van der Waals surface area (Å²) in [6.07, 6.45) is 0.907. The van der Waals surface area contributed by atoms with Gasteiger partial charge >= 0.3 is 0 Å². The standard InChI is InChI=1S/C16H19N7O2S/c1-9-6-11(25-20-9)7-23-10(2)14(19-21-23)15(24)18-16-17-12-4-5-22(3)8-13(12)26-16/h6H,4-5,7-8H2,1-3H3,(H,17,18,24). The highest BCUT2D eigenvalue weighted by Crippen LogP contribution is 2.28. The Bertz CT molecular complexity index is 958. The molecule has 0 aliphatic carbocycles. The largest absolute Gasteiger partial charge is 0.359 e. The summed E-state index contributed by atoms with van der Waals surface area (Å²) in [5, 5.41) is 15.4. The third-order valence-electron chi connectivity index (χ3n) is 4.32. The minimum Gasteiger partial charge on any atom is -0.359 e. The van der Waals surface area contributed by atoms with Gasteiger partial charge in [-0.1, -0.05) is 10.4 Å². The SMILES string of the molecule is Cc1cc(Cn2nnc(C(=O)Nc3nc4c(s3)CN(C)CC4)c2C)on1. The Hall–Kier alpha value is -2.59. The Morgan fingerprint density at radius 2 is 2.27 bits per heavy atom. The van der Waals surface area contributed by atoms with Crippen molar-refractivity contribution in [2.75, 3.05) is 18.9 Å². The summed E-state index contributed by atoms with van der Waals surface area (Å²) in [5.74, 6) is 0.362. The lowest BCUT2D eigenvalue weighted by molar-refractivity contribution is 0.102. The normalized spacial score (nSPS) is 14.4. The number of nitrogens with one attached hydrogen (secondary N) is 1. The van der Waals surface area contributed by atoms with E-state index in [1.54, 1.807) is 11.6 Å². The monoisotopic (exact) mass is 373 g/mol. The number of aromatic nitrogens is 5. The number of likely N-dealkylation sites (N-methyl/N-ethyl adjacent to an activating group) is 1. The molecule has 0 radical (unpaired) electrons. The number of nitrogens with zero attached hydrogens (tertiary/aromatic N) is 6. The van der Waals surface area contributed by atoms with Crippen LogP contribution in [0.2, 0.25) is 0 Å². The number of amides is 1. The molecule has 1 amide bonds. The van der Waals surface area contributed by atoms with Gasteiger partial charge in [-0.05, 0) is 20.9 Å². The topological polar surface area (TPSA) is 102 Å². The fourth-order valence-electron chi connectivity index (χ4n) is 2.89. The second-order valence-corrected chi connectivity index (χ2v) is 7.53. The Labute approximate surface area is 154 Å². The molecule has 0 atom stereocenters. The molecule has 136 valence electrons. The first-order chi connectivity index (χ1) is 12.5. The Balaban J connectivity index is 1.48. The number of hydrogen-bond acceptors (Lipinski definition) is 8. The first kappa shape index (κ1) is 16.9. The number of fused-ring (bicyclic) bond motifs is 1. The molecular weight excluding hydrogens is 354 g/mol. The van der Waals surface area contributed by atoms with E-state index in [9.17, 15) is 4.79 Å². The lowest BCUT2D eigenvalue weighted by atomic mass is 10.2. The van der Waals surface area contributed by atoms with E-state index in [1.807, 2.05) is 13.0 Å². The van der Waals surface area contributed by atoms with E-state index < -0.39 is 0 Å². The molecule has 4 heterocycles. The molecule has 9 nitrogen and oxygen atoms in total. The number of aryl methyl sites for hydroxylation is 1. The quantitative estimate of drug-likeness (QED) is 0.741. The van der Waals surface area contributed by atoms with Crippen LogP contribution in [0.4, 0.5) is 5.13 Å². The number of hydrogen-bond donors (Lipinski definition) is 1. The van der Waals surface area contributed by atoms with Gasteiger partial charge in [0, 0.05) is 30.5 Å². The zero-order chi connectivity index (χ0) is 18.3. The van der Waals surface area contributed by atoms with Gasteiger partial charge in [-0.15, -0.1) is 16.4 Å². The van der Waals surface area contributed by atoms with E-state index in [-0.39, 0.29) is 11.6 Å². The minimum atomic E-state index is -0.304. The molecule has 0 aromatic carbocycles. The maximum atomic E-state index is 12.6. The summed E-state index contributed by atoms with van der Waals surface area (Å²) >= 11 is 1.52. The first-order valence-electron chi connectivity index (χ1n) is 8.30. The van der Waals surface area contributed by atoms with Crippen molar-refractivity contribution in [3.05, 3.63) is 39.5 Å². The average molecular weight is 373 g/mol. The third kappa shape index (κ3) is 3.25. The van der Waals surface area contributed by atoms with Crippen LogP contribution >= 0.6 is 11.3 Å². The van der Waals surface area contributed by atoms with Gasteiger partial charge in [0.2, 0.25) is 0 Å². The smallest absolute Gasteiger partial charge is 0.279 e. The molecule has 0 fully saturated rings. The number of anilines is 1. The summed E-state index contributed by atoms with van der Waals surface area (Å²) in [5.41, 5.74) is 2.82. The van der Waals surface area contributed by atoms with Gasteiger partial charge < -0.3 is 9.42 Å². The molecule has 10 heteroatoms. The van der Waals surface area contributed by atoms with E-state index in [0.29, 0.717) is 23.1 Å². The Morgan fingerprint density at radius 1 is 1.42 bits per heavy atom. The van der Waals surface area contributed by atoms with Crippen molar-refractivity contribution in [3.8, 4) is 0 Å². The molecule has 3 aromatic heterocycles. The van der Waals surface area contributed by atoms with Gasteiger partial charge in [0.1, 0.15) is 6.54 Å². The maximum Gasteiger partial charge on any atom is 0.279 e. The second-order valence-electron chi connectivity index (χ2n) is 6.45. The van der Waals surface area contributed by atoms with E-state index in [0.717, 1.165) is 30.9 Å². The zero-order valence-corrected chi connectivity index (χ0v) is 15.6. The fraction of sp³-hybridized carbons (Fsp3) is 0.438. The van der Waals surface area contributed by atoms with Crippen LogP contribution in [0.25, 0.3) is 0 Å². The zero-order valence-electron chi connectivity index (χ0n) is 14.8. The molecular formula is C16H19N7O2S. The van der Waals surface area contributed by atoms with Crippen LogP contribution < -0.4 is 5.32 Å². The second kappa shape index (κ2) is 6.61.